The second-order valence-corrected chi connectivity index (χ2v) is 10.3. The number of para-hydroxylation sites is 1. The maximum atomic E-state index is 13.7. The average molecular weight is 544 g/mol. The number of pyridine rings is 2. The van der Waals surface area contributed by atoms with Crippen LogP contribution in [0, 0.1) is 0 Å². The van der Waals surface area contributed by atoms with Crippen molar-refractivity contribution in [3.8, 4) is 17.1 Å². The zero-order valence-corrected chi connectivity index (χ0v) is 23.1. The third-order valence-electron chi connectivity index (χ3n) is 7.34. The van der Waals surface area contributed by atoms with Gasteiger partial charge in [0.15, 0.2) is 0 Å². The molecule has 3 aromatic carbocycles. The van der Waals surface area contributed by atoms with Crippen LogP contribution in [-0.4, -0.2) is 53.9 Å². The molecule has 0 spiro atoms. The molecule has 9 heteroatoms. The van der Waals surface area contributed by atoms with Crippen molar-refractivity contribution in [1.82, 2.24) is 34.7 Å². The van der Waals surface area contributed by atoms with Crippen LogP contribution in [0.1, 0.15) is 29.9 Å². The van der Waals surface area contributed by atoms with Gasteiger partial charge in [0.25, 0.3) is 5.56 Å². The van der Waals surface area contributed by atoms with Crippen molar-refractivity contribution >= 4 is 27.4 Å². The Morgan fingerprint density at radius 1 is 0.976 bits per heavy atom. The van der Waals surface area contributed by atoms with Gasteiger partial charge in [0.05, 0.1) is 35.0 Å². The molecule has 3 heterocycles. The summed E-state index contributed by atoms with van der Waals surface area (Å²) in [6, 6.07) is 26.7. The molecule has 9 nitrogen and oxygen atoms in total. The Balaban J connectivity index is 1.31. The van der Waals surface area contributed by atoms with E-state index >= 15 is 0 Å². The first-order chi connectivity index (χ1) is 19.8. The van der Waals surface area contributed by atoms with E-state index in [1.54, 1.807) is 28.8 Å². The molecule has 3 aromatic heterocycles. The second kappa shape index (κ2) is 10.4. The molecule has 0 amide bonds. The standard InChI is InChI=1S/C32H29N7O2/c1-20(28-14-12-23-9-5-6-11-29(23)33-28)24-10-7-8-22(16-24)19-38-35-31(34-36-38)27-18-25-17-26(40)13-15-30(25)39(32(27)41)21(2)37(3)4/h5-18,21,40H,1,19H2,2-4H3. The number of aromatic nitrogens is 6. The van der Waals surface area contributed by atoms with Crippen LogP contribution in [0.15, 0.2) is 96.3 Å². The van der Waals surface area contributed by atoms with Crippen LogP contribution < -0.4 is 5.56 Å². The van der Waals surface area contributed by atoms with Crippen molar-refractivity contribution in [2.75, 3.05) is 14.1 Å². The fraction of sp³-hybridized carbons (Fsp3) is 0.156. The highest BCUT2D eigenvalue weighted by Crippen LogP contribution is 2.26. The number of hydrogen-bond donors (Lipinski definition) is 1. The third-order valence-corrected chi connectivity index (χ3v) is 7.34. The van der Waals surface area contributed by atoms with E-state index in [0.717, 1.165) is 33.3 Å². The van der Waals surface area contributed by atoms with Crippen molar-refractivity contribution in [3.63, 3.8) is 0 Å². The van der Waals surface area contributed by atoms with Gasteiger partial charge in [-0.2, -0.15) is 4.80 Å². The Labute approximate surface area is 236 Å². The lowest BCUT2D eigenvalue weighted by Gasteiger charge is -2.24. The van der Waals surface area contributed by atoms with E-state index in [0.29, 0.717) is 23.0 Å². The molecule has 0 saturated heterocycles. The number of benzene rings is 3. The second-order valence-electron chi connectivity index (χ2n) is 10.3. The lowest BCUT2D eigenvalue weighted by atomic mass is 10.0. The molecule has 0 fully saturated rings. The number of hydrogen-bond acceptors (Lipinski definition) is 7. The molecule has 0 aliphatic rings. The van der Waals surface area contributed by atoms with E-state index in [9.17, 15) is 9.90 Å². The van der Waals surface area contributed by atoms with Crippen LogP contribution >= 0.6 is 0 Å². The van der Waals surface area contributed by atoms with Crippen LogP contribution in [0.5, 0.6) is 5.75 Å². The lowest BCUT2D eigenvalue weighted by Crippen LogP contribution is -2.33. The van der Waals surface area contributed by atoms with Crippen molar-refractivity contribution in [2.45, 2.75) is 19.6 Å². The molecule has 0 radical (unpaired) electrons. The molecular weight excluding hydrogens is 514 g/mol. The van der Waals surface area contributed by atoms with E-state index in [-0.39, 0.29) is 23.3 Å². The largest absolute Gasteiger partial charge is 0.508 e. The summed E-state index contributed by atoms with van der Waals surface area (Å²) in [5.74, 6) is 0.337. The summed E-state index contributed by atoms with van der Waals surface area (Å²) in [6.45, 7) is 6.60. The van der Waals surface area contributed by atoms with Gasteiger partial charge in [-0.15, -0.1) is 10.2 Å². The maximum absolute atomic E-state index is 13.7. The predicted molar refractivity (Wildman–Crippen MR) is 161 cm³/mol. The molecule has 1 unspecified atom stereocenters. The fourth-order valence-electron chi connectivity index (χ4n) is 4.92. The number of tetrazole rings is 1. The maximum Gasteiger partial charge on any atom is 0.263 e. The van der Waals surface area contributed by atoms with Crippen molar-refractivity contribution in [2.24, 2.45) is 0 Å². The first-order valence-electron chi connectivity index (χ1n) is 13.3. The van der Waals surface area contributed by atoms with Crippen LogP contribution in [0.2, 0.25) is 0 Å². The monoisotopic (exact) mass is 543 g/mol. The van der Waals surface area contributed by atoms with E-state index in [4.69, 9.17) is 4.98 Å². The minimum atomic E-state index is -0.238. The highest BCUT2D eigenvalue weighted by Gasteiger charge is 2.20. The molecule has 41 heavy (non-hydrogen) atoms. The molecule has 6 rings (SSSR count). The number of aromatic hydroxyl groups is 1. The van der Waals surface area contributed by atoms with E-state index < -0.39 is 0 Å². The molecule has 0 aliphatic heterocycles. The molecule has 204 valence electrons. The van der Waals surface area contributed by atoms with Crippen LogP contribution in [0.4, 0.5) is 0 Å². The van der Waals surface area contributed by atoms with Crippen LogP contribution in [0.25, 0.3) is 38.8 Å². The number of phenols is 1. The summed E-state index contributed by atoms with van der Waals surface area (Å²) in [5.41, 5.74) is 5.24. The number of phenolic OH excluding ortho intramolecular Hbond substituents is 1. The lowest BCUT2D eigenvalue weighted by molar-refractivity contribution is 0.240. The summed E-state index contributed by atoms with van der Waals surface area (Å²) in [4.78, 5) is 21.8. The van der Waals surface area contributed by atoms with Crippen molar-refractivity contribution in [1.29, 1.82) is 0 Å². The normalized spacial score (nSPS) is 12.3. The average Bonchev–Trinajstić information content (AvgIpc) is 3.44. The molecular formula is C32H29N7O2. The summed E-state index contributed by atoms with van der Waals surface area (Å²) < 4.78 is 1.68. The highest BCUT2D eigenvalue weighted by atomic mass is 16.3. The third kappa shape index (κ3) is 4.99. The van der Waals surface area contributed by atoms with Gasteiger partial charge in [-0.05, 0) is 79.8 Å². The van der Waals surface area contributed by atoms with Gasteiger partial charge in [-0.25, -0.2) is 4.98 Å². The fourth-order valence-corrected chi connectivity index (χ4v) is 4.92. The molecule has 6 aromatic rings. The van der Waals surface area contributed by atoms with Gasteiger partial charge in [-0.1, -0.05) is 49.0 Å². The molecule has 1 atom stereocenters. The zero-order valence-electron chi connectivity index (χ0n) is 23.1. The van der Waals surface area contributed by atoms with Gasteiger partial charge in [0.1, 0.15) is 5.75 Å². The number of nitrogens with zero attached hydrogens (tertiary/aromatic N) is 7. The number of fused-ring (bicyclic) bond motifs is 2. The van der Waals surface area contributed by atoms with Crippen LogP contribution in [-0.2, 0) is 6.54 Å². The summed E-state index contributed by atoms with van der Waals surface area (Å²) in [6.07, 6.45) is -0.238. The molecule has 1 N–H and O–H groups in total. The van der Waals surface area contributed by atoms with Gasteiger partial charge in [0.2, 0.25) is 5.82 Å². The van der Waals surface area contributed by atoms with E-state index in [1.807, 2.05) is 80.5 Å². The van der Waals surface area contributed by atoms with Gasteiger partial charge in [-0.3, -0.25) is 14.3 Å². The summed E-state index contributed by atoms with van der Waals surface area (Å²) >= 11 is 0. The van der Waals surface area contributed by atoms with Gasteiger partial charge >= 0.3 is 0 Å². The van der Waals surface area contributed by atoms with Crippen molar-refractivity contribution < 1.29 is 5.11 Å². The topological polar surface area (TPSA) is 102 Å². The Hall–Kier alpha value is -5.15. The van der Waals surface area contributed by atoms with Crippen LogP contribution in [0.3, 0.4) is 0 Å². The smallest absolute Gasteiger partial charge is 0.263 e. The van der Waals surface area contributed by atoms with E-state index in [1.165, 1.54) is 4.80 Å². The van der Waals surface area contributed by atoms with Gasteiger partial charge < -0.3 is 5.11 Å². The van der Waals surface area contributed by atoms with Crippen molar-refractivity contribution in [3.05, 3.63) is 119 Å². The minimum absolute atomic E-state index is 0.114. The minimum Gasteiger partial charge on any atom is -0.508 e. The first-order valence-corrected chi connectivity index (χ1v) is 13.3. The highest BCUT2D eigenvalue weighted by molar-refractivity contribution is 5.85. The first kappa shape index (κ1) is 26.1. The van der Waals surface area contributed by atoms with Gasteiger partial charge in [0, 0.05) is 16.3 Å². The summed E-state index contributed by atoms with van der Waals surface area (Å²) in [5, 5.41) is 24.9. The Kier molecular flexibility index (Phi) is 6.64. The summed E-state index contributed by atoms with van der Waals surface area (Å²) in [7, 11) is 3.81. The number of rotatable bonds is 7. The Morgan fingerprint density at radius 2 is 1.80 bits per heavy atom. The SMILES string of the molecule is C=C(c1cccc(Cn2nnc(-c3cc4cc(O)ccc4n(C(C)N(C)C)c3=O)n2)c1)c1ccc2ccccc2n1. The molecule has 0 aliphatic carbocycles. The molecule has 0 saturated carbocycles. The zero-order chi connectivity index (χ0) is 28.7. The Bertz CT molecular complexity index is 1990. The van der Waals surface area contributed by atoms with E-state index in [2.05, 4.69) is 28.1 Å². The molecule has 0 bridgehead atoms. The Morgan fingerprint density at radius 3 is 2.63 bits per heavy atom. The predicted octanol–water partition coefficient (Wildman–Crippen LogP) is 5.10. The quantitative estimate of drug-likeness (QED) is 0.299.